The normalized spacial score (nSPS) is 10.3. The minimum absolute atomic E-state index is 0.556. The quantitative estimate of drug-likeness (QED) is 0.259. The van der Waals surface area contributed by atoms with Crippen molar-refractivity contribution in [3.05, 3.63) is 106 Å². The zero-order valence-electron chi connectivity index (χ0n) is 18.1. The first-order valence-electron chi connectivity index (χ1n) is 9.99. The van der Waals surface area contributed by atoms with Gasteiger partial charge in [0.15, 0.2) is 0 Å². The van der Waals surface area contributed by atoms with Gasteiger partial charge in [-0.1, -0.05) is 95.1 Å². The number of benzene rings is 4. The predicted molar refractivity (Wildman–Crippen MR) is 133 cm³/mol. The van der Waals surface area contributed by atoms with Crippen LogP contribution >= 0.6 is 18.6 Å². The summed E-state index contributed by atoms with van der Waals surface area (Å²) in [5.41, 5.74) is 8.77. The molecule has 4 aromatic rings. The van der Waals surface area contributed by atoms with Gasteiger partial charge in [0, 0.05) is 0 Å². The number of fused-ring (bicyclic) bond motifs is 1. The molecule has 0 amide bonds. The van der Waals surface area contributed by atoms with Gasteiger partial charge in [0.05, 0.1) is 0 Å². The molecule has 0 saturated heterocycles. The summed E-state index contributed by atoms with van der Waals surface area (Å²) >= 11 is -0.556. The summed E-state index contributed by atoms with van der Waals surface area (Å²) in [4.78, 5) is 0. The zero-order valence-corrected chi connectivity index (χ0v) is 21.2. The van der Waals surface area contributed by atoms with Gasteiger partial charge < -0.3 is 10.6 Å². The van der Waals surface area contributed by atoms with E-state index >= 15 is 0 Å². The van der Waals surface area contributed by atoms with E-state index < -0.39 is 17.0 Å². The molecule has 0 radical (unpaired) electrons. The number of rotatable bonds is 4. The average molecular weight is 483 g/mol. The Morgan fingerprint density at radius 1 is 0.581 bits per heavy atom. The number of halogens is 2. The van der Waals surface area contributed by atoms with Gasteiger partial charge in [-0.15, -0.1) is 22.7 Å². The Bertz CT molecular complexity index is 1100. The molecular weight excluding hydrogens is 459 g/mol. The van der Waals surface area contributed by atoms with Crippen molar-refractivity contribution in [1.82, 2.24) is 0 Å². The summed E-state index contributed by atoms with van der Waals surface area (Å²) in [5.74, 6) is 0. The fraction of sp³-hybridized carbons (Fsp3) is 0.154. The van der Waals surface area contributed by atoms with Crippen LogP contribution in [0.2, 0.25) is 0 Å². The Morgan fingerprint density at radius 2 is 1.00 bits per heavy atom. The van der Waals surface area contributed by atoms with Crippen LogP contribution in [0.15, 0.2) is 72.8 Å². The van der Waals surface area contributed by atoms with Crippen LogP contribution in [0.4, 0.5) is 22.7 Å². The third kappa shape index (κ3) is 6.05. The molecule has 0 atom stereocenters. The van der Waals surface area contributed by atoms with Crippen LogP contribution < -0.4 is 0 Å². The van der Waals surface area contributed by atoms with Crippen LogP contribution in [0.5, 0.6) is 0 Å². The summed E-state index contributed by atoms with van der Waals surface area (Å²) in [7, 11) is 9.78. The van der Waals surface area contributed by atoms with Crippen LogP contribution in [0.3, 0.4) is 0 Å². The maximum absolute atomic E-state index is 4.99. The van der Waals surface area contributed by atoms with Gasteiger partial charge in [0.25, 0.3) is 0 Å². The van der Waals surface area contributed by atoms with Crippen LogP contribution in [-0.4, -0.2) is 0 Å². The molecule has 2 nitrogen and oxygen atoms in total. The van der Waals surface area contributed by atoms with E-state index in [1.165, 1.54) is 22.3 Å². The number of hydrogen-bond acceptors (Lipinski definition) is 0. The van der Waals surface area contributed by atoms with Gasteiger partial charge in [-0.25, -0.2) is 0 Å². The minimum atomic E-state index is -0.556. The molecule has 0 aliphatic heterocycles. The fourth-order valence-electron chi connectivity index (χ4n) is 3.61. The van der Waals surface area contributed by atoms with Crippen LogP contribution in [0, 0.1) is 27.7 Å². The molecule has 158 valence electrons. The van der Waals surface area contributed by atoms with Crippen LogP contribution in [-0.2, 0) is 17.0 Å². The molecule has 0 heterocycles. The second-order valence-corrected chi connectivity index (χ2v) is 10.1. The summed E-state index contributed by atoms with van der Waals surface area (Å²) in [6.45, 7) is 8.43. The Balaban J connectivity index is 0.000000858. The van der Waals surface area contributed by atoms with Gasteiger partial charge >= 0.3 is 35.6 Å². The fourth-order valence-corrected chi connectivity index (χ4v) is 3.61. The van der Waals surface area contributed by atoms with Crippen molar-refractivity contribution in [2.45, 2.75) is 27.7 Å². The molecule has 0 unspecified atom stereocenters. The first-order valence-corrected chi connectivity index (χ1v) is 14.3. The molecule has 0 aliphatic rings. The van der Waals surface area contributed by atoms with Crippen LogP contribution in [0.25, 0.3) is 21.4 Å². The Hall–Kier alpha value is -1.97. The standard InChI is InChI=1S/C26H24N2.2ClH.Ti/c1-17-11-13-22(19(3)15-17)27-24-9-5-7-21-8-6-10-25(26(21)24)28-23-14-12-18(2)16-20(23)4;;;/h5-16H,1-4H3;2*1H;/q-2;;;+2/p-2. The SMILES string of the molecule is Cc1ccc([N-]c2cccc3cccc([N-]c4ccc(C)cc4C)c23)c(C)c1.[Cl][Ti][Cl]. The first kappa shape index (κ1) is 23.7. The maximum atomic E-state index is 4.99. The topological polar surface area (TPSA) is 28.2 Å². The van der Waals surface area contributed by atoms with E-state index in [1.54, 1.807) is 0 Å². The summed E-state index contributed by atoms with van der Waals surface area (Å²) in [6.07, 6.45) is 0. The summed E-state index contributed by atoms with van der Waals surface area (Å²) < 4.78 is 0. The Kier molecular flexibility index (Phi) is 8.46. The molecule has 0 bridgehead atoms. The van der Waals surface area contributed by atoms with Gasteiger partial charge in [-0.05, 0) is 38.5 Å². The van der Waals surface area contributed by atoms with Crippen molar-refractivity contribution in [1.29, 1.82) is 0 Å². The second-order valence-electron chi connectivity index (χ2n) is 7.53. The molecular formula is C26H24Cl2N2Ti-2. The van der Waals surface area contributed by atoms with E-state index in [4.69, 9.17) is 29.2 Å². The molecule has 0 N–H and O–H groups in total. The molecule has 0 saturated carbocycles. The van der Waals surface area contributed by atoms with E-state index in [0.29, 0.717) is 0 Å². The second kappa shape index (κ2) is 11.1. The van der Waals surface area contributed by atoms with E-state index in [1.807, 2.05) is 0 Å². The van der Waals surface area contributed by atoms with Gasteiger partial charge in [-0.2, -0.15) is 0 Å². The summed E-state index contributed by atoms with van der Waals surface area (Å²) in [5, 5.41) is 12.2. The van der Waals surface area contributed by atoms with Crippen molar-refractivity contribution >= 4 is 52.1 Å². The van der Waals surface area contributed by atoms with Crippen LogP contribution in [0.1, 0.15) is 22.3 Å². The monoisotopic (exact) mass is 482 g/mol. The number of nitrogens with zero attached hydrogens (tertiary/aromatic N) is 2. The van der Waals surface area contributed by atoms with E-state index in [-0.39, 0.29) is 0 Å². The molecule has 31 heavy (non-hydrogen) atoms. The zero-order chi connectivity index (χ0) is 22.4. The molecule has 0 fully saturated rings. The number of aryl methyl sites for hydroxylation is 4. The third-order valence-corrected chi connectivity index (χ3v) is 5.05. The molecule has 5 heteroatoms. The first-order chi connectivity index (χ1) is 14.9. The van der Waals surface area contributed by atoms with Crippen molar-refractivity contribution in [2.24, 2.45) is 0 Å². The third-order valence-electron chi connectivity index (χ3n) is 5.05. The Morgan fingerprint density at radius 3 is 1.39 bits per heavy atom. The molecule has 4 aromatic carbocycles. The average Bonchev–Trinajstić information content (AvgIpc) is 2.73. The Labute approximate surface area is 201 Å². The van der Waals surface area contributed by atoms with Gasteiger partial charge in [0.2, 0.25) is 0 Å². The molecule has 0 aliphatic carbocycles. The van der Waals surface area contributed by atoms with E-state index in [9.17, 15) is 0 Å². The number of hydrogen-bond donors (Lipinski definition) is 0. The van der Waals surface area contributed by atoms with E-state index in [2.05, 4.69) is 100 Å². The van der Waals surface area contributed by atoms with Gasteiger partial charge in [0.1, 0.15) is 0 Å². The van der Waals surface area contributed by atoms with Crippen molar-refractivity contribution in [3.8, 4) is 0 Å². The van der Waals surface area contributed by atoms with Crippen molar-refractivity contribution in [2.75, 3.05) is 0 Å². The molecule has 0 aromatic heterocycles. The van der Waals surface area contributed by atoms with Crippen molar-refractivity contribution in [3.63, 3.8) is 0 Å². The molecule has 4 rings (SSSR count). The van der Waals surface area contributed by atoms with Crippen molar-refractivity contribution < 1.29 is 17.0 Å². The van der Waals surface area contributed by atoms with Gasteiger partial charge in [-0.3, -0.25) is 0 Å². The van der Waals surface area contributed by atoms with E-state index in [0.717, 1.165) is 33.5 Å². The molecule has 0 spiro atoms. The summed E-state index contributed by atoms with van der Waals surface area (Å²) in [6, 6.07) is 25.3. The predicted octanol–water partition coefficient (Wildman–Crippen LogP) is 10.1.